The summed E-state index contributed by atoms with van der Waals surface area (Å²) < 4.78 is 5.16. The maximum absolute atomic E-state index is 11.7. The van der Waals surface area contributed by atoms with E-state index in [0.29, 0.717) is 18.7 Å². The second-order valence-electron chi connectivity index (χ2n) is 4.14. The van der Waals surface area contributed by atoms with E-state index in [1.807, 2.05) is 18.2 Å². The Labute approximate surface area is 109 Å². The number of ether oxygens (including phenoxy) is 1. The van der Waals surface area contributed by atoms with Crippen molar-refractivity contribution in [2.24, 2.45) is 5.73 Å². The highest BCUT2D eigenvalue weighted by molar-refractivity contribution is 5.90. The van der Waals surface area contributed by atoms with Crippen molar-refractivity contribution in [3.05, 3.63) is 29.8 Å². The van der Waals surface area contributed by atoms with Gasteiger partial charge < -0.3 is 15.8 Å². The molecule has 0 amide bonds. The van der Waals surface area contributed by atoms with Crippen LogP contribution >= 0.6 is 0 Å². The van der Waals surface area contributed by atoms with Gasteiger partial charge in [0.1, 0.15) is 0 Å². The quantitative estimate of drug-likeness (QED) is 0.549. The van der Waals surface area contributed by atoms with Gasteiger partial charge in [-0.1, -0.05) is 19.4 Å². The SMILES string of the molecule is CCCCOC(=O)c1cccc(NCCCN)c1. The monoisotopic (exact) mass is 250 g/mol. The van der Waals surface area contributed by atoms with E-state index in [4.69, 9.17) is 10.5 Å². The molecular weight excluding hydrogens is 228 g/mol. The van der Waals surface area contributed by atoms with E-state index in [-0.39, 0.29) is 5.97 Å². The summed E-state index contributed by atoms with van der Waals surface area (Å²) in [6, 6.07) is 7.35. The Bertz CT molecular complexity index is 367. The van der Waals surface area contributed by atoms with E-state index in [1.165, 1.54) is 0 Å². The van der Waals surface area contributed by atoms with Crippen LogP contribution in [0.1, 0.15) is 36.5 Å². The van der Waals surface area contributed by atoms with E-state index in [1.54, 1.807) is 6.07 Å². The molecule has 0 aliphatic heterocycles. The number of hydrogen-bond donors (Lipinski definition) is 2. The Morgan fingerprint density at radius 3 is 2.94 bits per heavy atom. The predicted molar refractivity (Wildman–Crippen MR) is 73.8 cm³/mol. The van der Waals surface area contributed by atoms with Gasteiger partial charge in [0, 0.05) is 12.2 Å². The summed E-state index contributed by atoms with van der Waals surface area (Å²) in [4.78, 5) is 11.7. The highest BCUT2D eigenvalue weighted by Crippen LogP contribution is 2.11. The van der Waals surface area contributed by atoms with Gasteiger partial charge in [-0.15, -0.1) is 0 Å². The lowest BCUT2D eigenvalue weighted by molar-refractivity contribution is 0.0500. The highest BCUT2D eigenvalue weighted by Gasteiger charge is 2.06. The molecule has 0 aliphatic carbocycles. The van der Waals surface area contributed by atoms with Crippen LogP contribution in [0.2, 0.25) is 0 Å². The molecule has 0 atom stereocenters. The van der Waals surface area contributed by atoms with Crippen LogP contribution < -0.4 is 11.1 Å². The molecule has 0 spiro atoms. The van der Waals surface area contributed by atoms with Gasteiger partial charge in [0.05, 0.1) is 12.2 Å². The molecule has 100 valence electrons. The van der Waals surface area contributed by atoms with Gasteiger partial charge in [0.25, 0.3) is 0 Å². The Morgan fingerprint density at radius 2 is 2.22 bits per heavy atom. The number of esters is 1. The molecule has 4 nitrogen and oxygen atoms in total. The summed E-state index contributed by atoms with van der Waals surface area (Å²) in [6.45, 7) is 4.02. The van der Waals surface area contributed by atoms with Crippen molar-refractivity contribution in [1.29, 1.82) is 0 Å². The minimum Gasteiger partial charge on any atom is -0.462 e. The van der Waals surface area contributed by atoms with Crippen LogP contribution in [0, 0.1) is 0 Å². The maximum Gasteiger partial charge on any atom is 0.338 e. The fourth-order valence-corrected chi connectivity index (χ4v) is 1.48. The first-order valence-corrected chi connectivity index (χ1v) is 6.49. The standard InChI is InChI=1S/C14H22N2O2/c1-2-3-10-18-14(17)12-6-4-7-13(11-12)16-9-5-8-15/h4,6-7,11,16H,2-3,5,8-10,15H2,1H3. The second-order valence-corrected chi connectivity index (χ2v) is 4.14. The summed E-state index contributed by atoms with van der Waals surface area (Å²) in [5.74, 6) is -0.258. The molecule has 1 aromatic carbocycles. The molecule has 0 saturated carbocycles. The van der Waals surface area contributed by atoms with Crippen molar-refractivity contribution >= 4 is 11.7 Å². The van der Waals surface area contributed by atoms with E-state index >= 15 is 0 Å². The van der Waals surface area contributed by atoms with E-state index in [9.17, 15) is 4.79 Å². The number of hydrogen-bond acceptors (Lipinski definition) is 4. The van der Waals surface area contributed by atoms with Crippen LogP contribution in [0.4, 0.5) is 5.69 Å². The fraction of sp³-hybridized carbons (Fsp3) is 0.500. The Hall–Kier alpha value is -1.55. The largest absolute Gasteiger partial charge is 0.462 e. The first kappa shape index (κ1) is 14.5. The smallest absolute Gasteiger partial charge is 0.338 e. The summed E-state index contributed by atoms with van der Waals surface area (Å²) in [6.07, 6.45) is 2.83. The normalized spacial score (nSPS) is 10.1. The van der Waals surface area contributed by atoms with Crippen LogP contribution in [0.15, 0.2) is 24.3 Å². The van der Waals surface area contributed by atoms with Crippen LogP contribution in [-0.4, -0.2) is 25.7 Å². The van der Waals surface area contributed by atoms with Crippen LogP contribution in [0.3, 0.4) is 0 Å². The molecule has 4 heteroatoms. The number of nitrogens with two attached hydrogens (primary N) is 1. The van der Waals surface area contributed by atoms with E-state index in [0.717, 1.165) is 31.5 Å². The maximum atomic E-state index is 11.7. The number of carbonyl (C=O) groups excluding carboxylic acids is 1. The molecule has 0 radical (unpaired) electrons. The topological polar surface area (TPSA) is 64.3 Å². The Kier molecular flexibility index (Phi) is 6.87. The predicted octanol–water partition coefficient (Wildman–Crippen LogP) is 2.40. The van der Waals surface area contributed by atoms with Crippen LogP contribution in [0.5, 0.6) is 0 Å². The lowest BCUT2D eigenvalue weighted by atomic mass is 10.2. The first-order chi connectivity index (χ1) is 8.77. The zero-order chi connectivity index (χ0) is 13.2. The molecule has 0 aromatic heterocycles. The van der Waals surface area contributed by atoms with Gasteiger partial charge >= 0.3 is 5.97 Å². The van der Waals surface area contributed by atoms with Gasteiger partial charge in [-0.05, 0) is 37.6 Å². The second kappa shape index (κ2) is 8.53. The summed E-state index contributed by atoms with van der Waals surface area (Å²) in [5.41, 5.74) is 6.94. The molecule has 3 N–H and O–H groups in total. The van der Waals surface area contributed by atoms with Crippen molar-refractivity contribution in [1.82, 2.24) is 0 Å². The molecule has 1 aromatic rings. The number of rotatable bonds is 8. The molecule has 0 heterocycles. The first-order valence-electron chi connectivity index (χ1n) is 6.49. The van der Waals surface area contributed by atoms with Crippen molar-refractivity contribution < 1.29 is 9.53 Å². The summed E-state index contributed by atoms with van der Waals surface area (Å²) >= 11 is 0. The van der Waals surface area contributed by atoms with Crippen LogP contribution in [0.25, 0.3) is 0 Å². The number of unbranched alkanes of at least 4 members (excludes halogenated alkanes) is 1. The molecule has 0 unspecified atom stereocenters. The van der Waals surface area contributed by atoms with Gasteiger partial charge in [-0.3, -0.25) is 0 Å². The number of anilines is 1. The summed E-state index contributed by atoms with van der Waals surface area (Å²) in [7, 11) is 0. The van der Waals surface area contributed by atoms with Crippen LogP contribution in [-0.2, 0) is 4.74 Å². The minimum atomic E-state index is -0.258. The van der Waals surface area contributed by atoms with Crippen molar-refractivity contribution in [2.75, 3.05) is 25.0 Å². The summed E-state index contributed by atoms with van der Waals surface area (Å²) in [5, 5.41) is 3.22. The van der Waals surface area contributed by atoms with Gasteiger partial charge in [-0.2, -0.15) is 0 Å². The Balaban J connectivity index is 2.49. The highest BCUT2D eigenvalue weighted by atomic mass is 16.5. The van der Waals surface area contributed by atoms with E-state index in [2.05, 4.69) is 12.2 Å². The molecule has 0 bridgehead atoms. The fourth-order valence-electron chi connectivity index (χ4n) is 1.48. The zero-order valence-electron chi connectivity index (χ0n) is 10.9. The molecule has 18 heavy (non-hydrogen) atoms. The van der Waals surface area contributed by atoms with Gasteiger partial charge in [-0.25, -0.2) is 4.79 Å². The van der Waals surface area contributed by atoms with E-state index < -0.39 is 0 Å². The molecule has 0 fully saturated rings. The third-order valence-corrected chi connectivity index (χ3v) is 2.54. The average molecular weight is 250 g/mol. The van der Waals surface area contributed by atoms with Crippen molar-refractivity contribution in [3.8, 4) is 0 Å². The zero-order valence-corrected chi connectivity index (χ0v) is 10.9. The third-order valence-electron chi connectivity index (χ3n) is 2.54. The molecule has 0 aliphatic rings. The lowest BCUT2D eigenvalue weighted by Crippen LogP contribution is -2.10. The van der Waals surface area contributed by atoms with Gasteiger partial charge in [0.2, 0.25) is 0 Å². The number of benzene rings is 1. The molecule has 0 saturated heterocycles. The lowest BCUT2D eigenvalue weighted by Gasteiger charge is -2.08. The number of carbonyl (C=O) groups is 1. The third kappa shape index (κ3) is 5.19. The molecule has 1 rings (SSSR count). The Morgan fingerprint density at radius 1 is 1.39 bits per heavy atom. The van der Waals surface area contributed by atoms with Gasteiger partial charge in [0.15, 0.2) is 0 Å². The molecular formula is C14H22N2O2. The van der Waals surface area contributed by atoms with Crippen molar-refractivity contribution in [2.45, 2.75) is 26.2 Å². The van der Waals surface area contributed by atoms with Crippen molar-refractivity contribution in [3.63, 3.8) is 0 Å². The average Bonchev–Trinajstić information content (AvgIpc) is 2.39. The minimum absolute atomic E-state index is 0.258. The number of nitrogens with one attached hydrogen (secondary N) is 1.